The first-order valence-electron chi connectivity index (χ1n) is 7.46. The van der Waals surface area contributed by atoms with Crippen LogP contribution in [0.3, 0.4) is 0 Å². The van der Waals surface area contributed by atoms with Gasteiger partial charge >= 0.3 is 11.8 Å². The maximum Gasteiger partial charge on any atom is 0.419 e. The standard InChI is InChI=1S/C17H18N2O6/c1-4-25-17(20)18(12-8-6-5-7-9-12)13-10-11-14(23-2)16(24-3)15(13)19(21)22/h5-11H,4H2,1-3H3. The number of anilines is 2. The number of hydrogen-bond donors (Lipinski definition) is 0. The van der Waals surface area contributed by atoms with Gasteiger partial charge in [0.25, 0.3) is 0 Å². The van der Waals surface area contributed by atoms with Crippen LogP contribution in [0.2, 0.25) is 0 Å². The van der Waals surface area contributed by atoms with E-state index in [0.717, 1.165) is 4.90 Å². The van der Waals surface area contributed by atoms with Crippen molar-refractivity contribution in [2.75, 3.05) is 25.7 Å². The molecular weight excluding hydrogens is 328 g/mol. The molecule has 0 atom stereocenters. The summed E-state index contributed by atoms with van der Waals surface area (Å²) in [5.74, 6) is 0.116. The van der Waals surface area contributed by atoms with Crippen molar-refractivity contribution in [3.8, 4) is 11.5 Å². The molecule has 2 aromatic carbocycles. The molecule has 0 radical (unpaired) electrons. The number of nitro benzene ring substituents is 1. The molecule has 0 saturated carbocycles. The number of rotatable bonds is 6. The molecule has 0 aromatic heterocycles. The molecule has 0 aliphatic carbocycles. The third-order valence-electron chi connectivity index (χ3n) is 3.39. The Morgan fingerprint density at radius 1 is 1.12 bits per heavy atom. The van der Waals surface area contributed by atoms with E-state index in [2.05, 4.69) is 0 Å². The van der Waals surface area contributed by atoms with Crippen LogP contribution in [0.4, 0.5) is 21.9 Å². The lowest BCUT2D eigenvalue weighted by molar-refractivity contribution is -0.385. The third-order valence-corrected chi connectivity index (χ3v) is 3.39. The Morgan fingerprint density at radius 3 is 2.32 bits per heavy atom. The summed E-state index contributed by atoms with van der Waals surface area (Å²) < 4.78 is 15.3. The summed E-state index contributed by atoms with van der Waals surface area (Å²) in [6.45, 7) is 1.79. The summed E-state index contributed by atoms with van der Waals surface area (Å²) in [5.41, 5.74) is 0.0577. The molecule has 0 fully saturated rings. The van der Waals surface area contributed by atoms with E-state index < -0.39 is 16.7 Å². The minimum atomic E-state index is -0.732. The van der Waals surface area contributed by atoms with Gasteiger partial charge in [-0.15, -0.1) is 0 Å². The van der Waals surface area contributed by atoms with Crippen molar-refractivity contribution in [2.45, 2.75) is 6.92 Å². The molecule has 0 heterocycles. The van der Waals surface area contributed by atoms with E-state index in [4.69, 9.17) is 14.2 Å². The highest BCUT2D eigenvalue weighted by molar-refractivity contribution is 5.99. The van der Waals surface area contributed by atoms with Gasteiger partial charge < -0.3 is 14.2 Å². The van der Waals surface area contributed by atoms with Gasteiger partial charge in [-0.3, -0.25) is 10.1 Å². The number of carbonyl (C=O) groups excluding carboxylic acids is 1. The number of methoxy groups -OCH3 is 2. The predicted molar refractivity (Wildman–Crippen MR) is 91.8 cm³/mol. The maximum atomic E-state index is 12.5. The molecule has 0 bridgehead atoms. The van der Waals surface area contributed by atoms with Crippen LogP contribution in [0, 0.1) is 10.1 Å². The summed E-state index contributed by atoms with van der Waals surface area (Å²) in [5, 5.41) is 11.7. The fraction of sp³-hybridized carbons (Fsp3) is 0.235. The fourth-order valence-corrected chi connectivity index (χ4v) is 2.37. The van der Waals surface area contributed by atoms with Gasteiger partial charge in [0, 0.05) is 0 Å². The highest BCUT2D eigenvalue weighted by atomic mass is 16.6. The van der Waals surface area contributed by atoms with Gasteiger partial charge in [-0.2, -0.15) is 0 Å². The lowest BCUT2D eigenvalue weighted by Crippen LogP contribution is -2.27. The van der Waals surface area contributed by atoms with Crippen molar-refractivity contribution in [1.82, 2.24) is 0 Å². The number of nitrogens with zero attached hydrogens (tertiary/aromatic N) is 2. The summed E-state index contributed by atoms with van der Waals surface area (Å²) >= 11 is 0. The topological polar surface area (TPSA) is 91.1 Å². The van der Waals surface area contributed by atoms with Crippen molar-refractivity contribution in [3.05, 3.63) is 52.6 Å². The van der Waals surface area contributed by atoms with Crippen molar-refractivity contribution >= 4 is 23.2 Å². The molecule has 132 valence electrons. The van der Waals surface area contributed by atoms with E-state index in [1.165, 1.54) is 26.4 Å². The zero-order valence-corrected chi connectivity index (χ0v) is 14.1. The molecule has 1 amide bonds. The van der Waals surface area contributed by atoms with Gasteiger partial charge in [0.1, 0.15) is 5.69 Å². The number of carbonyl (C=O) groups is 1. The summed E-state index contributed by atoms with van der Waals surface area (Å²) in [6, 6.07) is 11.4. The van der Waals surface area contributed by atoms with Gasteiger partial charge in [-0.1, -0.05) is 18.2 Å². The second-order valence-corrected chi connectivity index (χ2v) is 4.80. The first-order valence-corrected chi connectivity index (χ1v) is 7.46. The zero-order valence-electron chi connectivity index (χ0n) is 14.1. The highest BCUT2D eigenvalue weighted by Gasteiger charge is 2.32. The van der Waals surface area contributed by atoms with Crippen molar-refractivity contribution in [2.24, 2.45) is 0 Å². The number of benzene rings is 2. The van der Waals surface area contributed by atoms with Crippen LogP contribution in [0.15, 0.2) is 42.5 Å². The Hall–Kier alpha value is -3.29. The Kier molecular flexibility index (Phi) is 5.78. The van der Waals surface area contributed by atoms with E-state index in [0.29, 0.717) is 5.69 Å². The van der Waals surface area contributed by atoms with Crippen molar-refractivity contribution < 1.29 is 23.9 Å². The minimum absolute atomic E-state index is 0.0206. The number of amides is 1. The smallest absolute Gasteiger partial charge is 0.419 e. The van der Waals surface area contributed by atoms with Crippen LogP contribution in [0.5, 0.6) is 11.5 Å². The summed E-state index contributed by atoms with van der Waals surface area (Å²) in [4.78, 5) is 24.7. The van der Waals surface area contributed by atoms with Crippen LogP contribution >= 0.6 is 0 Å². The fourth-order valence-electron chi connectivity index (χ4n) is 2.37. The lowest BCUT2D eigenvalue weighted by Gasteiger charge is -2.23. The molecule has 2 rings (SSSR count). The van der Waals surface area contributed by atoms with E-state index in [1.807, 2.05) is 0 Å². The second-order valence-electron chi connectivity index (χ2n) is 4.80. The van der Waals surface area contributed by atoms with Gasteiger partial charge in [-0.25, -0.2) is 9.69 Å². The summed E-state index contributed by atoms with van der Waals surface area (Å²) in [6.07, 6.45) is -0.732. The average Bonchev–Trinajstić information content (AvgIpc) is 2.62. The number of nitro groups is 1. The van der Waals surface area contributed by atoms with Crippen LogP contribution in [-0.2, 0) is 4.74 Å². The largest absolute Gasteiger partial charge is 0.493 e. The molecule has 0 saturated heterocycles. The van der Waals surface area contributed by atoms with E-state index >= 15 is 0 Å². The molecule has 0 N–H and O–H groups in total. The van der Waals surface area contributed by atoms with E-state index in [1.54, 1.807) is 37.3 Å². The van der Waals surface area contributed by atoms with Crippen molar-refractivity contribution in [1.29, 1.82) is 0 Å². The number of hydrogen-bond acceptors (Lipinski definition) is 6. The quantitative estimate of drug-likeness (QED) is 0.582. The average molecular weight is 346 g/mol. The molecule has 0 spiro atoms. The molecule has 25 heavy (non-hydrogen) atoms. The SMILES string of the molecule is CCOC(=O)N(c1ccccc1)c1ccc(OC)c(OC)c1[N+](=O)[O-]. The first kappa shape index (κ1) is 18.1. The van der Waals surface area contributed by atoms with Crippen LogP contribution < -0.4 is 14.4 Å². The van der Waals surface area contributed by atoms with Gasteiger partial charge in [0.05, 0.1) is 31.4 Å². The first-order chi connectivity index (χ1) is 12.0. The maximum absolute atomic E-state index is 12.5. The monoisotopic (exact) mass is 346 g/mol. The number of ether oxygens (including phenoxy) is 3. The van der Waals surface area contributed by atoms with Crippen LogP contribution in [-0.4, -0.2) is 31.8 Å². The van der Waals surface area contributed by atoms with Crippen LogP contribution in [0.25, 0.3) is 0 Å². The molecule has 0 unspecified atom stereocenters. The Labute approximate surface area is 144 Å². The Morgan fingerprint density at radius 2 is 1.80 bits per heavy atom. The van der Waals surface area contributed by atoms with Crippen molar-refractivity contribution in [3.63, 3.8) is 0 Å². The zero-order chi connectivity index (χ0) is 18.4. The Bertz CT molecular complexity index is 763. The predicted octanol–water partition coefficient (Wildman–Crippen LogP) is 3.91. The van der Waals surface area contributed by atoms with E-state index in [9.17, 15) is 14.9 Å². The minimum Gasteiger partial charge on any atom is -0.493 e. The Balaban J connectivity index is 2.73. The third kappa shape index (κ3) is 3.63. The number of para-hydroxylation sites is 1. The van der Waals surface area contributed by atoms with Gasteiger partial charge in [-0.05, 0) is 31.2 Å². The molecule has 0 aliphatic rings. The molecule has 0 aliphatic heterocycles. The van der Waals surface area contributed by atoms with Gasteiger partial charge in [0.15, 0.2) is 5.75 Å². The molecule has 8 heteroatoms. The molecule has 2 aromatic rings. The molecular formula is C17H18N2O6. The summed E-state index contributed by atoms with van der Waals surface area (Å²) in [7, 11) is 2.67. The normalized spacial score (nSPS) is 10.0. The van der Waals surface area contributed by atoms with Gasteiger partial charge in [0.2, 0.25) is 5.75 Å². The van der Waals surface area contributed by atoms with E-state index in [-0.39, 0.29) is 23.8 Å². The second kappa shape index (κ2) is 8.00. The highest BCUT2D eigenvalue weighted by Crippen LogP contribution is 2.45. The van der Waals surface area contributed by atoms with Crippen LogP contribution in [0.1, 0.15) is 6.92 Å². The molecule has 8 nitrogen and oxygen atoms in total. The lowest BCUT2D eigenvalue weighted by atomic mass is 10.2.